The average Bonchev–Trinajstić information content (AvgIpc) is 2.66. The number of methoxy groups -OCH3 is 1. The molecule has 0 saturated carbocycles. The third kappa shape index (κ3) is 5.13. The van der Waals surface area contributed by atoms with Crippen molar-refractivity contribution in [2.45, 2.75) is 39.7 Å². The molecule has 0 aromatic heterocycles. The van der Waals surface area contributed by atoms with Gasteiger partial charge in [-0.25, -0.2) is 4.79 Å². The lowest BCUT2D eigenvalue weighted by molar-refractivity contribution is -0.149. The predicted molar refractivity (Wildman–Crippen MR) is 100 cm³/mol. The quantitative estimate of drug-likeness (QED) is 0.788. The number of nitrogens with zero attached hydrogens (tertiary/aromatic N) is 1. The van der Waals surface area contributed by atoms with Crippen molar-refractivity contribution in [3.05, 3.63) is 29.8 Å². The number of nitrogens with one attached hydrogen (secondary N) is 1. The van der Waals surface area contributed by atoms with Gasteiger partial charge in [0.05, 0.1) is 25.7 Å². The van der Waals surface area contributed by atoms with Gasteiger partial charge in [-0.15, -0.1) is 0 Å². The molecule has 1 aliphatic rings. The number of esters is 1. The maximum Gasteiger partial charge on any atom is 0.317 e. The molecule has 0 unspecified atom stereocenters. The van der Waals surface area contributed by atoms with Gasteiger partial charge in [0.15, 0.2) is 0 Å². The molecule has 1 heterocycles. The van der Waals surface area contributed by atoms with E-state index in [4.69, 9.17) is 9.47 Å². The Balaban J connectivity index is 1.94. The Morgan fingerprint density at radius 3 is 2.31 bits per heavy atom. The van der Waals surface area contributed by atoms with Gasteiger partial charge in [0.2, 0.25) is 0 Å². The maximum absolute atomic E-state index is 12.7. The number of likely N-dealkylation sites (tertiary alicyclic amines) is 1. The van der Waals surface area contributed by atoms with E-state index in [-0.39, 0.29) is 29.9 Å². The first-order valence-electron chi connectivity index (χ1n) is 9.32. The number of piperidine rings is 1. The summed E-state index contributed by atoms with van der Waals surface area (Å²) in [5.41, 5.74) is 1.05. The van der Waals surface area contributed by atoms with Crippen molar-refractivity contribution in [1.82, 2.24) is 10.2 Å². The van der Waals surface area contributed by atoms with Gasteiger partial charge in [0.25, 0.3) is 0 Å². The third-order valence-electron chi connectivity index (χ3n) is 4.82. The molecule has 0 radical (unpaired) electrons. The molecule has 6 nitrogen and oxygen atoms in total. The molecule has 1 atom stereocenters. The zero-order valence-corrected chi connectivity index (χ0v) is 16.2. The molecule has 0 spiro atoms. The Morgan fingerprint density at radius 1 is 1.19 bits per heavy atom. The molecule has 26 heavy (non-hydrogen) atoms. The molecule has 1 aromatic carbocycles. The highest BCUT2D eigenvalue weighted by Gasteiger charge is 2.29. The molecule has 6 heteroatoms. The normalized spacial score (nSPS) is 16.3. The first kappa shape index (κ1) is 20.1. The molecular formula is C20H30N2O4. The zero-order valence-electron chi connectivity index (χ0n) is 16.2. The number of hydrogen-bond acceptors (Lipinski definition) is 4. The topological polar surface area (TPSA) is 67.9 Å². The lowest BCUT2D eigenvalue weighted by Gasteiger charge is -2.33. The van der Waals surface area contributed by atoms with Crippen LogP contribution in [0.2, 0.25) is 0 Å². The van der Waals surface area contributed by atoms with Gasteiger partial charge in [0.1, 0.15) is 5.75 Å². The summed E-state index contributed by atoms with van der Waals surface area (Å²) in [6.07, 6.45) is 1.31. The van der Waals surface area contributed by atoms with Crippen LogP contribution in [0.25, 0.3) is 0 Å². The van der Waals surface area contributed by atoms with Crippen molar-refractivity contribution in [3.63, 3.8) is 0 Å². The van der Waals surface area contributed by atoms with Crippen LogP contribution < -0.4 is 10.1 Å². The number of benzene rings is 1. The average molecular weight is 362 g/mol. The van der Waals surface area contributed by atoms with Crippen LogP contribution in [0.15, 0.2) is 24.3 Å². The van der Waals surface area contributed by atoms with Crippen LogP contribution in [-0.4, -0.2) is 43.7 Å². The standard InChI is InChI=1S/C20H30N2O4/c1-5-26-19(23)16-10-12-22(13-11-16)20(24)21-18(14(2)3)15-6-8-17(25-4)9-7-15/h6-9,14,16,18H,5,10-13H2,1-4H3,(H,21,24)/t18-/m0/s1. The summed E-state index contributed by atoms with van der Waals surface area (Å²) in [5, 5.41) is 3.14. The largest absolute Gasteiger partial charge is 0.497 e. The van der Waals surface area contributed by atoms with Crippen LogP contribution >= 0.6 is 0 Å². The fourth-order valence-corrected chi connectivity index (χ4v) is 3.25. The maximum atomic E-state index is 12.7. The predicted octanol–water partition coefficient (Wildman–Crippen LogP) is 3.38. The second-order valence-electron chi connectivity index (χ2n) is 6.96. The van der Waals surface area contributed by atoms with Crippen molar-refractivity contribution in [1.29, 1.82) is 0 Å². The molecule has 1 saturated heterocycles. The summed E-state index contributed by atoms with van der Waals surface area (Å²) in [5.74, 6) is 0.806. The highest BCUT2D eigenvalue weighted by atomic mass is 16.5. The van der Waals surface area contributed by atoms with Crippen molar-refractivity contribution < 1.29 is 19.1 Å². The first-order chi connectivity index (χ1) is 12.5. The van der Waals surface area contributed by atoms with Crippen molar-refractivity contribution >= 4 is 12.0 Å². The summed E-state index contributed by atoms with van der Waals surface area (Å²) >= 11 is 0. The SMILES string of the molecule is CCOC(=O)C1CCN(C(=O)N[C@H](c2ccc(OC)cc2)C(C)C)CC1. The smallest absolute Gasteiger partial charge is 0.317 e. The summed E-state index contributed by atoms with van der Waals surface area (Å²) in [6.45, 7) is 7.53. The van der Waals surface area contributed by atoms with E-state index in [0.29, 0.717) is 32.5 Å². The Kier molecular flexibility index (Phi) is 7.30. The summed E-state index contributed by atoms with van der Waals surface area (Å²) in [4.78, 5) is 26.3. The summed E-state index contributed by atoms with van der Waals surface area (Å²) in [7, 11) is 1.64. The fraction of sp³-hybridized carbons (Fsp3) is 0.600. The molecule has 1 N–H and O–H groups in total. The number of carbonyl (C=O) groups excluding carboxylic acids is 2. The second-order valence-corrected chi connectivity index (χ2v) is 6.96. The zero-order chi connectivity index (χ0) is 19.1. The Morgan fingerprint density at radius 2 is 1.81 bits per heavy atom. The van der Waals surface area contributed by atoms with E-state index in [0.717, 1.165) is 11.3 Å². The molecule has 0 bridgehead atoms. The van der Waals surface area contributed by atoms with E-state index in [1.165, 1.54) is 0 Å². The number of carbonyl (C=O) groups is 2. The van der Waals surface area contributed by atoms with Crippen LogP contribution in [-0.2, 0) is 9.53 Å². The molecule has 2 rings (SSSR count). The molecule has 144 valence electrons. The van der Waals surface area contributed by atoms with E-state index in [1.807, 2.05) is 31.2 Å². The van der Waals surface area contributed by atoms with Gasteiger partial charge < -0.3 is 19.7 Å². The minimum Gasteiger partial charge on any atom is -0.497 e. The van der Waals surface area contributed by atoms with Gasteiger partial charge in [-0.3, -0.25) is 4.79 Å². The van der Waals surface area contributed by atoms with Crippen molar-refractivity contribution in [2.75, 3.05) is 26.8 Å². The molecule has 1 fully saturated rings. The molecular weight excluding hydrogens is 332 g/mol. The number of ether oxygens (including phenoxy) is 2. The van der Waals surface area contributed by atoms with E-state index in [2.05, 4.69) is 19.2 Å². The van der Waals surface area contributed by atoms with Crippen molar-refractivity contribution in [2.24, 2.45) is 11.8 Å². The van der Waals surface area contributed by atoms with E-state index in [1.54, 1.807) is 12.0 Å². The second kappa shape index (κ2) is 9.46. The molecule has 2 amide bonds. The van der Waals surface area contributed by atoms with Crippen LogP contribution in [0, 0.1) is 11.8 Å². The van der Waals surface area contributed by atoms with Crippen LogP contribution in [0.1, 0.15) is 45.2 Å². The van der Waals surface area contributed by atoms with Gasteiger partial charge >= 0.3 is 12.0 Å². The van der Waals surface area contributed by atoms with Crippen LogP contribution in [0.3, 0.4) is 0 Å². The van der Waals surface area contributed by atoms with Crippen LogP contribution in [0.5, 0.6) is 5.75 Å². The van der Waals surface area contributed by atoms with Crippen molar-refractivity contribution in [3.8, 4) is 5.75 Å². The lowest BCUT2D eigenvalue weighted by Crippen LogP contribution is -2.47. The monoisotopic (exact) mass is 362 g/mol. The van der Waals surface area contributed by atoms with Gasteiger partial charge in [0, 0.05) is 13.1 Å². The van der Waals surface area contributed by atoms with Gasteiger partial charge in [-0.1, -0.05) is 26.0 Å². The fourth-order valence-electron chi connectivity index (χ4n) is 3.25. The summed E-state index contributed by atoms with van der Waals surface area (Å²) < 4.78 is 10.3. The third-order valence-corrected chi connectivity index (χ3v) is 4.82. The highest BCUT2D eigenvalue weighted by molar-refractivity contribution is 5.76. The number of hydrogen-bond donors (Lipinski definition) is 1. The number of urea groups is 1. The van der Waals surface area contributed by atoms with E-state index in [9.17, 15) is 9.59 Å². The van der Waals surface area contributed by atoms with Crippen LogP contribution in [0.4, 0.5) is 4.79 Å². The minimum atomic E-state index is -0.147. The number of amides is 2. The Labute approximate surface area is 155 Å². The highest BCUT2D eigenvalue weighted by Crippen LogP contribution is 2.25. The molecule has 1 aliphatic heterocycles. The van der Waals surface area contributed by atoms with Gasteiger partial charge in [-0.2, -0.15) is 0 Å². The summed E-state index contributed by atoms with van der Waals surface area (Å²) in [6, 6.07) is 7.62. The molecule has 1 aromatic rings. The van der Waals surface area contributed by atoms with Gasteiger partial charge in [-0.05, 0) is 43.4 Å². The lowest BCUT2D eigenvalue weighted by atomic mass is 9.95. The number of rotatable bonds is 6. The Hall–Kier alpha value is -2.24. The minimum absolute atomic E-state index is 0.0730. The van der Waals surface area contributed by atoms with E-state index < -0.39 is 0 Å². The Bertz CT molecular complexity index is 592. The van der Waals surface area contributed by atoms with E-state index >= 15 is 0 Å². The molecule has 0 aliphatic carbocycles. The first-order valence-corrected chi connectivity index (χ1v) is 9.32.